The molecule has 1 heterocycles. The van der Waals surface area contributed by atoms with Gasteiger partial charge in [0, 0.05) is 11.8 Å². The van der Waals surface area contributed by atoms with Crippen LogP contribution in [0.2, 0.25) is 0 Å². The summed E-state index contributed by atoms with van der Waals surface area (Å²) in [5, 5.41) is 24.1. The van der Waals surface area contributed by atoms with Crippen molar-refractivity contribution in [3.05, 3.63) is 70.6 Å². The average Bonchev–Trinajstić information content (AvgIpc) is 2.76. The van der Waals surface area contributed by atoms with Crippen LogP contribution in [-0.4, -0.2) is 53.0 Å². The zero-order valence-corrected chi connectivity index (χ0v) is 19.8. The van der Waals surface area contributed by atoms with E-state index in [9.17, 15) is 36.6 Å². The Hall–Kier alpha value is -3.22. The second-order valence-corrected chi connectivity index (χ2v) is 10.4. The van der Waals surface area contributed by atoms with E-state index in [0.29, 0.717) is 5.56 Å². The minimum atomic E-state index is -4.64. The molecule has 0 amide bonds. The van der Waals surface area contributed by atoms with E-state index in [1.54, 1.807) is 0 Å². The SMILES string of the molecule is CC(C)(O)[C@@H](O)COc1c(-c2ccc(S(C)(=O)=O)cc2)cnn(-c2cccc(C(F)(F)F)c2)c1=O. The highest BCUT2D eigenvalue weighted by Gasteiger charge is 2.31. The smallest absolute Gasteiger partial charge is 0.416 e. The van der Waals surface area contributed by atoms with Crippen LogP contribution in [0.5, 0.6) is 5.75 Å². The van der Waals surface area contributed by atoms with Gasteiger partial charge in [0.15, 0.2) is 15.6 Å². The quantitative estimate of drug-likeness (QED) is 0.500. The molecule has 35 heavy (non-hydrogen) atoms. The van der Waals surface area contributed by atoms with Crippen molar-refractivity contribution in [3.8, 4) is 22.6 Å². The maximum Gasteiger partial charge on any atom is 0.416 e. The molecule has 0 fully saturated rings. The summed E-state index contributed by atoms with van der Waals surface area (Å²) in [4.78, 5) is 13.3. The number of alkyl halides is 3. The Morgan fingerprint density at radius 3 is 2.29 bits per heavy atom. The lowest BCUT2D eigenvalue weighted by Crippen LogP contribution is -2.40. The van der Waals surface area contributed by atoms with Crippen LogP contribution in [0, 0.1) is 0 Å². The molecule has 2 N–H and O–H groups in total. The Bertz CT molecular complexity index is 1380. The van der Waals surface area contributed by atoms with Gasteiger partial charge in [-0.25, -0.2) is 8.42 Å². The summed E-state index contributed by atoms with van der Waals surface area (Å²) in [5.74, 6) is -0.354. The number of aliphatic hydroxyl groups excluding tert-OH is 1. The molecule has 0 unspecified atom stereocenters. The van der Waals surface area contributed by atoms with Gasteiger partial charge >= 0.3 is 11.7 Å². The molecule has 3 aromatic rings. The maximum atomic E-state index is 13.3. The number of hydrogen-bond acceptors (Lipinski definition) is 7. The van der Waals surface area contributed by atoms with E-state index in [2.05, 4.69) is 5.10 Å². The Balaban J connectivity index is 2.14. The number of aromatic nitrogens is 2. The monoisotopic (exact) mass is 512 g/mol. The first-order valence-corrected chi connectivity index (χ1v) is 12.1. The van der Waals surface area contributed by atoms with Gasteiger partial charge in [0.05, 0.1) is 27.9 Å². The Labute approximate surface area is 199 Å². The molecular weight excluding hydrogens is 489 g/mol. The van der Waals surface area contributed by atoms with Gasteiger partial charge in [-0.1, -0.05) is 18.2 Å². The summed E-state index contributed by atoms with van der Waals surface area (Å²) in [6, 6.07) is 9.47. The lowest BCUT2D eigenvalue weighted by molar-refractivity contribution is -0.137. The Morgan fingerprint density at radius 2 is 1.74 bits per heavy atom. The summed E-state index contributed by atoms with van der Waals surface area (Å²) < 4.78 is 69.2. The normalized spacial score (nSPS) is 13.5. The third-order valence-corrected chi connectivity index (χ3v) is 6.27. The molecule has 0 bridgehead atoms. The number of hydrogen-bond donors (Lipinski definition) is 2. The molecule has 0 saturated carbocycles. The van der Waals surface area contributed by atoms with Crippen LogP contribution in [0.4, 0.5) is 13.2 Å². The van der Waals surface area contributed by atoms with Crippen molar-refractivity contribution in [3.63, 3.8) is 0 Å². The van der Waals surface area contributed by atoms with E-state index in [4.69, 9.17) is 4.74 Å². The molecule has 188 valence electrons. The third-order valence-electron chi connectivity index (χ3n) is 5.15. The Morgan fingerprint density at radius 1 is 1.11 bits per heavy atom. The van der Waals surface area contributed by atoms with Crippen molar-refractivity contribution in [1.82, 2.24) is 9.78 Å². The number of halogens is 3. The molecule has 0 aliphatic carbocycles. The largest absolute Gasteiger partial charge is 0.484 e. The van der Waals surface area contributed by atoms with Crippen LogP contribution in [0.1, 0.15) is 19.4 Å². The first-order valence-electron chi connectivity index (χ1n) is 10.2. The minimum Gasteiger partial charge on any atom is -0.484 e. The van der Waals surface area contributed by atoms with Gasteiger partial charge in [-0.15, -0.1) is 0 Å². The number of nitrogens with zero attached hydrogens (tertiary/aromatic N) is 2. The van der Waals surface area contributed by atoms with Crippen LogP contribution in [0.3, 0.4) is 0 Å². The van der Waals surface area contributed by atoms with Gasteiger partial charge in [-0.3, -0.25) is 4.79 Å². The summed E-state index contributed by atoms with van der Waals surface area (Å²) in [6.45, 7) is 2.15. The van der Waals surface area contributed by atoms with Gasteiger partial charge in [0.1, 0.15) is 12.7 Å². The summed E-state index contributed by atoms with van der Waals surface area (Å²) in [7, 11) is -3.48. The van der Waals surface area contributed by atoms with E-state index in [1.165, 1.54) is 50.4 Å². The van der Waals surface area contributed by atoms with Gasteiger partial charge < -0.3 is 14.9 Å². The number of ether oxygens (including phenoxy) is 1. The molecule has 2 aromatic carbocycles. The first kappa shape index (κ1) is 26.4. The molecular formula is C23H23F3N2O6S. The number of sulfone groups is 1. The van der Waals surface area contributed by atoms with Crippen molar-refractivity contribution in [2.45, 2.75) is 36.6 Å². The van der Waals surface area contributed by atoms with Gasteiger partial charge in [-0.2, -0.15) is 23.0 Å². The third kappa shape index (κ3) is 6.08. The minimum absolute atomic E-state index is 0.0337. The highest BCUT2D eigenvalue weighted by atomic mass is 32.2. The summed E-state index contributed by atoms with van der Waals surface area (Å²) in [5.41, 5.74) is -3.19. The van der Waals surface area contributed by atoms with Crippen LogP contribution >= 0.6 is 0 Å². The molecule has 0 aliphatic rings. The van der Waals surface area contributed by atoms with Crippen molar-refractivity contribution in [2.24, 2.45) is 0 Å². The number of aliphatic hydroxyl groups is 2. The lowest BCUT2D eigenvalue weighted by Gasteiger charge is -2.24. The zero-order valence-electron chi connectivity index (χ0n) is 18.9. The zero-order chi connectivity index (χ0) is 26.2. The molecule has 0 radical (unpaired) electrons. The second-order valence-electron chi connectivity index (χ2n) is 8.43. The van der Waals surface area contributed by atoms with Crippen LogP contribution in [-0.2, 0) is 16.0 Å². The van der Waals surface area contributed by atoms with Crippen LogP contribution in [0.25, 0.3) is 16.8 Å². The van der Waals surface area contributed by atoms with Crippen molar-refractivity contribution < 1.29 is 36.5 Å². The Kier molecular flexibility index (Phi) is 7.12. The molecule has 0 spiro atoms. The molecule has 3 rings (SSSR count). The average molecular weight is 513 g/mol. The van der Waals surface area contributed by atoms with Gasteiger partial charge in [0.2, 0.25) is 0 Å². The van der Waals surface area contributed by atoms with Crippen molar-refractivity contribution >= 4 is 9.84 Å². The topological polar surface area (TPSA) is 119 Å². The number of benzene rings is 2. The maximum absolute atomic E-state index is 13.3. The fourth-order valence-corrected chi connectivity index (χ4v) is 3.66. The van der Waals surface area contributed by atoms with Crippen LogP contribution < -0.4 is 10.3 Å². The lowest BCUT2D eigenvalue weighted by atomic mass is 10.0. The number of rotatable bonds is 7. The van der Waals surface area contributed by atoms with Gasteiger partial charge in [0.25, 0.3) is 0 Å². The van der Waals surface area contributed by atoms with Crippen LogP contribution in [0.15, 0.2) is 64.4 Å². The highest BCUT2D eigenvalue weighted by molar-refractivity contribution is 7.90. The highest BCUT2D eigenvalue weighted by Crippen LogP contribution is 2.31. The second kappa shape index (κ2) is 9.44. The predicted molar refractivity (Wildman–Crippen MR) is 121 cm³/mol. The van der Waals surface area contributed by atoms with E-state index < -0.39 is 45.4 Å². The van der Waals surface area contributed by atoms with E-state index >= 15 is 0 Å². The first-order chi connectivity index (χ1) is 16.1. The van der Waals surface area contributed by atoms with E-state index in [0.717, 1.165) is 29.1 Å². The molecule has 0 aliphatic heterocycles. The molecule has 12 heteroatoms. The molecule has 1 atom stereocenters. The van der Waals surface area contributed by atoms with Crippen molar-refractivity contribution in [2.75, 3.05) is 12.9 Å². The molecule has 8 nitrogen and oxygen atoms in total. The van der Waals surface area contributed by atoms with E-state index in [-0.39, 0.29) is 21.9 Å². The standard InChI is InChI=1S/C23H23F3N2O6S/c1-22(2,31)19(29)13-34-20-18(14-7-9-17(10-8-14)35(3,32)33)12-27-28(21(20)30)16-6-4-5-15(11-16)23(24,25)26/h4-12,19,29,31H,13H2,1-3H3/t19-/m0/s1. The fraction of sp³-hybridized carbons (Fsp3) is 0.304. The summed E-state index contributed by atoms with van der Waals surface area (Å²) in [6.07, 6.45) is -3.83. The van der Waals surface area contributed by atoms with E-state index in [1.807, 2.05) is 0 Å². The fourth-order valence-electron chi connectivity index (χ4n) is 3.03. The van der Waals surface area contributed by atoms with Crippen molar-refractivity contribution in [1.29, 1.82) is 0 Å². The van der Waals surface area contributed by atoms with Gasteiger partial charge in [-0.05, 0) is 49.7 Å². The summed E-state index contributed by atoms with van der Waals surface area (Å²) >= 11 is 0. The molecule has 1 aromatic heterocycles. The molecule has 0 saturated heterocycles. The predicted octanol–water partition coefficient (Wildman–Crippen LogP) is 2.83.